The minimum atomic E-state index is -0.588. The molecule has 0 bridgehead atoms. The highest BCUT2D eigenvalue weighted by Crippen LogP contribution is 2.23. The molecule has 2 aromatic rings. The smallest absolute Gasteiger partial charge is 0.123 e. The lowest BCUT2D eigenvalue weighted by molar-refractivity contribution is 0.200. The second-order valence-electron chi connectivity index (χ2n) is 4.36. The Labute approximate surface area is 131 Å². The van der Waals surface area contributed by atoms with E-state index in [1.807, 2.05) is 12.1 Å². The topological polar surface area (TPSA) is 20.2 Å². The molecule has 0 fully saturated rings. The molecule has 2 rings (SSSR count). The van der Waals surface area contributed by atoms with Crippen LogP contribution in [0.3, 0.4) is 0 Å². The molecule has 2 aromatic carbocycles. The SMILES string of the molecule is OC(CSc1ccc(Cl)cc1)Cc1cc(F)ccc1Cl. The van der Waals surface area contributed by atoms with E-state index in [0.29, 0.717) is 27.8 Å². The zero-order valence-electron chi connectivity index (χ0n) is 10.5. The number of hydrogen-bond donors (Lipinski definition) is 1. The van der Waals surface area contributed by atoms with Crippen molar-refractivity contribution in [2.24, 2.45) is 0 Å². The second-order valence-corrected chi connectivity index (χ2v) is 6.30. The molecule has 5 heteroatoms. The van der Waals surface area contributed by atoms with Crippen LogP contribution in [0.15, 0.2) is 47.4 Å². The normalized spacial score (nSPS) is 12.4. The lowest BCUT2D eigenvalue weighted by Gasteiger charge is -2.11. The van der Waals surface area contributed by atoms with E-state index in [9.17, 15) is 9.50 Å². The molecule has 0 amide bonds. The molecule has 0 saturated carbocycles. The van der Waals surface area contributed by atoms with Gasteiger partial charge in [0.1, 0.15) is 5.82 Å². The minimum Gasteiger partial charge on any atom is -0.392 e. The molecular weight excluding hydrogens is 318 g/mol. The standard InChI is InChI=1S/C15H13Cl2FOS/c16-11-1-4-14(5-2-11)20-9-13(19)8-10-7-12(18)3-6-15(10)17/h1-7,13,19H,8-9H2. The Morgan fingerprint density at radius 3 is 2.50 bits per heavy atom. The first-order valence-electron chi connectivity index (χ1n) is 6.05. The quantitative estimate of drug-likeness (QED) is 0.792. The summed E-state index contributed by atoms with van der Waals surface area (Å²) < 4.78 is 13.1. The maximum Gasteiger partial charge on any atom is 0.123 e. The number of thioether (sulfide) groups is 1. The fraction of sp³-hybridized carbons (Fsp3) is 0.200. The Hall–Kier alpha value is -0.740. The van der Waals surface area contributed by atoms with Crippen molar-refractivity contribution in [1.82, 2.24) is 0 Å². The third-order valence-electron chi connectivity index (χ3n) is 2.72. The van der Waals surface area contributed by atoms with Gasteiger partial charge in [-0.15, -0.1) is 11.8 Å². The van der Waals surface area contributed by atoms with Crippen molar-refractivity contribution in [3.05, 3.63) is 63.9 Å². The van der Waals surface area contributed by atoms with Crippen LogP contribution in [0.5, 0.6) is 0 Å². The molecule has 0 radical (unpaired) electrons. The Kier molecular flexibility index (Phi) is 5.73. The number of hydrogen-bond acceptors (Lipinski definition) is 2. The monoisotopic (exact) mass is 330 g/mol. The molecule has 20 heavy (non-hydrogen) atoms. The lowest BCUT2D eigenvalue weighted by Crippen LogP contribution is -2.13. The van der Waals surface area contributed by atoms with Crippen LogP contribution in [-0.4, -0.2) is 17.0 Å². The zero-order valence-corrected chi connectivity index (χ0v) is 12.9. The maximum absolute atomic E-state index is 13.1. The molecule has 0 aromatic heterocycles. The summed E-state index contributed by atoms with van der Waals surface area (Å²) in [6, 6.07) is 11.6. The van der Waals surface area contributed by atoms with Gasteiger partial charge in [-0.25, -0.2) is 4.39 Å². The van der Waals surface area contributed by atoms with Crippen molar-refractivity contribution >= 4 is 35.0 Å². The fourth-order valence-electron chi connectivity index (χ4n) is 1.74. The van der Waals surface area contributed by atoms with E-state index in [4.69, 9.17) is 23.2 Å². The van der Waals surface area contributed by atoms with Gasteiger partial charge in [-0.3, -0.25) is 0 Å². The van der Waals surface area contributed by atoms with Gasteiger partial charge in [0.2, 0.25) is 0 Å². The van der Waals surface area contributed by atoms with Crippen LogP contribution in [0, 0.1) is 5.82 Å². The van der Waals surface area contributed by atoms with Crippen LogP contribution in [0.25, 0.3) is 0 Å². The molecule has 0 aliphatic carbocycles. The average Bonchev–Trinajstić information content (AvgIpc) is 2.42. The highest BCUT2D eigenvalue weighted by molar-refractivity contribution is 7.99. The van der Waals surface area contributed by atoms with E-state index in [-0.39, 0.29) is 5.82 Å². The Morgan fingerprint density at radius 2 is 1.80 bits per heavy atom. The third kappa shape index (κ3) is 4.67. The molecule has 0 saturated heterocycles. The van der Waals surface area contributed by atoms with Crippen molar-refractivity contribution in [1.29, 1.82) is 0 Å². The summed E-state index contributed by atoms with van der Waals surface area (Å²) in [5.74, 6) is 0.163. The number of benzene rings is 2. The summed E-state index contributed by atoms with van der Waals surface area (Å²) in [7, 11) is 0. The van der Waals surface area contributed by atoms with E-state index in [2.05, 4.69) is 0 Å². The Morgan fingerprint density at radius 1 is 1.10 bits per heavy atom. The Balaban J connectivity index is 1.90. The molecule has 1 nitrogen and oxygen atoms in total. The molecule has 0 spiro atoms. The van der Waals surface area contributed by atoms with Gasteiger partial charge in [-0.1, -0.05) is 23.2 Å². The van der Waals surface area contributed by atoms with Crippen LogP contribution in [0.4, 0.5) is 4.39 Å². The van der Waals surface area contributed by atoms with Crippen molar-refractivity contribution in [3.8, 4) is 0 Å². The van der Waals surface area contributed by atoms with Crippen molar-refractivity contribution < 1.29 is 9.50 Å². The number of halogens is 3. The third-order valence-corrected chi connectivity index (χ3v) is 4.50. The highest BCUT2D eigenvalue weighted by atomic mass is 35.5. The molecule has 106 valence electrons. The lowest BCUT2D eigenvalue weighted by atomic mass is 10.1. The summed E-state index contributed by atoms with van der Waals surface area (Å²) >= 11 is 13.3. The first kappa shape index (κ1) is 15.6. The molecular formula is C15H13Cl2FOS. The predicted octanol–water partition coefficient (Wildman–Crippen LogP) is 4.83. The molecule has 1 atom stereocenters. The van der Waals surface area contributed by atoms with Crippen LogP contribution in [0.2, 0.25) is 10.0 Å². The summed E-state index contributed by atoms with van der Waals surface area (Å²) in [5, 5.41) is 11.2. The number of aliphatic hydroxyl groups is 1. The molecule has 0 heterocycles. The van der Waals surface area contributed by atoms with Gasteiger partial charge >= 0.3 is 0 Å². The van der Waals surface area contributed by atoms with Crippen molar-refractivity contribution in [2.75, 3.05) is 5.75 Å². The predicted molar refractivity (Wildman–Crippen MR) is 83.3 cm³/mol. The fourth-order valence-corrected chi connectivity index (χ4v) is 2.89. The second kappa shape index (κ2) is 7.32. The van der Waals surface area contributed by atoms with Gasteiger partial charge in [0, 0.05) is 27.1 Å². The Bertz CT molecular complexity index is 575. The molecule has 1 unspecified atom stereocenters. The average molecular weight is 331 g/mol. The largest absolute Gasteiger partial charge is 0.392 e. The van der Waals surface area contributed by atoms with Crippen molar-refractivity contribution in [3.63, 3.8) is 0 Å². The molecule has 1 N–H and O–H groups in total. The van der Waals surface area contributed by atoms with Gasteiger partial charge in [0.05, 0.1) is 6.10 Å². The zero-order chi connectivity index (χ0) is 14.5. The van der Waals surface area contributed by atoms with Gasteiger partial charge in [-0.05, 0) is 48.0 Å². The highest BCUT2D eigenvalue weighted by Gasteiger charge is 2.10. The van der Waals surface area contributed by atoms with Crippen LogP contribution in [-0.2, 0) is 6.42 Å². The van der Waals surface area contributed by atoms with Gasteiger partial charge < -0.3 is 5.11 Å². The van der Waals surface area contributed by atoms with E-state index in [1.54, 1.807) is 12.1 Å². The van der Waals surface area contributed by atoms with Crippen molar-refractivity contribution in [2.45, 2.75) is 17.4 Å². The van der Waals surface area contributed by atoms with Crippen LogP contribution < -0.4 is 0 Å². The van der Waals surface area contributed by atoms with E-state index in [0.717, 1.165) is 4.90 Å². The number of rotatable bonds is 5. The van der Waals surface area contributed by atoms with E-state index >= 15 is 0 Å². The molecule has 0 aliphatic rings. The van der Waals surface area contributed by atoms with Gasteiger partial charge in [0.15, 0.2) is 0 Å². The van der Waals surface area contributed by atoms with Crippen LogP contribution in [0.1, 0.15) is 5.56 Å². The van der Waals surface area contributed by atoms with E-state index in [1.165, 1.54) is 30.0 Å². The van der Waals surface area contributed by atoms with Crippen LogP contribution >= 0.6 is 35.0 Å². The first-order valence-corrected chi connectivity index (χ1v) is 7.79. The van der Waals surface area contributed by atoms with Gasteiger partial charge in [-0.2, -0.15) is 0 Å². The minimum absolute atomic E-state index is 0.331. The maximum atomic E-state index is 13.1. The summed E-state index contributed by atoms with van der Waals surface area (Å²) in [4.78, 5) is 1.03. The number of aliphatic hydroxyl groups excluding tert-OH is 1. The first-order chi connectivity index (χ1) is 9.54. The molecule has 0 aliphatic heterocycles. The summed E-state index contributed by atoms with van der Waals surface area (Å²) in [6.45, 7) is 0. The van der Waals surface area contributed by atoms with Gasteiger partial charge in [0.25, 0.3) is 0 Å². The summed E-state index contributed by atoms with van der Waals surface area (Å²) in [6.07, 6.45) is -0.257. The van der Waals surface area contributed by atoms with E-state index < -0.39 is 6.10 Å². The summed E-state index contributed by atoms with van der Waals surface area (Å²) in [5.41, 5.74) is 0.621.